The molecular formula is C29H32ClN5O3. The van der Waals surface area contributed by atoms with Crippen molar-refractivity contribution in [2.45, 2.75) is 25.9 Å². The van der Waals surface area contributed by atoms with Crippen molar-refractivity contribution >= 4 is 29.2 Å². The highest BCUT2D eigenvalue weighted by Crippen LogP contribution is 2.26. The maximum absolute atomic E-state index is 13.3. The fourth-order valence-electron chi connectivity index (χ4n) is 4.89. The average Bonchev–Trinajstić information content (AvgIpc) is 3.46. The molecule has 9 heteroatoms. The van der Waals surface area contributed by atoms with Gasteiger partial charge in [-0.15, -0.1) is 10.2 Å². The molecule has 0 unspecified atom stereocenters. The Labute approximate surface area is 228 Å². The van der Waals surface area contributed by atoms with Crippen molar-refractivity contribution in [3.63, 3.8) is 0 Å². The van der Waals surface area contributed by atoms with Crippen molar-refractivity contribution in [3.8, 4) is 11.3 Å². The van der Waals surface area contributed by atoms with Crippen molar-refractivity contribution in [1.82, 2.24) is 20.0 Å². The Hall–Kier alpha value is -3.49. The van der Waals surface area contributed by atoms with Crippen LogP contribution < -0.4 is 4.90 Å². The third kappa shape index (κ3) is 6.14. The van der Waals surface area contributed by atoms with Crippen LogP contribution in [0.1, 0.15) is 28.8 Å². The fraction of sp³-hybridized carbons (Fsp3) is 0.379. The molecule has 3 aromatic rings. The quantitative estimate of drug-likeness (QED) is 0.455. The molecule has 2 aromatic carbocycles. The summed E-state index contributed by atoms with van der Waals surface area (Å²) in [5.74, 6) is 0.576. The van der Waals surface area contributed by atoms with E-state index in [2.05, 4.69) is 15.1 Å². The van der Waals surface area contributed by atoms with Crippen LogP contribution in [0.25, 0.3) is 11.3 Å². The van der Waals surface area contributed by atoms with Crippen LogP contribution in [0.5, 0.6) is 0 Å². The largest absolute Gasteiger partial charge is 0.376 e. The van der Waals surface area contributed by atoms with Gasteiger partial charge < -0.3 is 19.4 Å². The van der Waals surface area contributed by atoms with E-state index in [1.165, 1.54) is 0 Å². The number of anilines is 1. The molecule has 0 N–H and O–H groups in total. The van der Waals surface area contributed by atoms with Crippen LogP contribution in [-0.4, -0.2) is 83.8 Å². The summed E-state index contributed by atoms with van der Waals surface area (Å²) in [4.78, 5) is 32.2. The molecule has 0 bridgehead atoms. The lowest BCUT2D eigenvalue weighted by Crippen LogP contribution is -2.52. The number of rotatable bonds is 7. The van der Waals surface area contributed by atoms with Gasteiger partial charge in [-0.25, -0.2) is 0 Å². The zero-order chi connectivity index (χ0) is 26.5. The highest BCUT2D eigenvalue weighted by molar-refractivity contribution is 6.33. The molecule has 0 aliphatic carbocycles. The molecule has 2 saturated heterocycles. The lowest BCUT2D eigenvalue weighted by atomic mass is 10.1. The van der Waals surface area contributed by atoms with Gasteiger partial charge in [0.1, 0.15) is 6.54 Å². The first-order chi connectivity index (χ1) is 18.5. The van der Waals surface area contributed by atoms with Crippen molar-refractivity contribution < 1.29 is 14.3 Å². The molecule has 0 radical (unpaired) electrons. The first-order valence-corrected chi connectivity index (χ1v) is 13.4. The second-order valence-corrected chi connectivity index (χ2v) is 10.2. The Balaban J connectivity index is 1.20. The fourth-order valence-corrected chi connectivity index (χ4v) is 5.12. The van der Waals surface area contributed by atoms with Gasteiger partial charge in [0.2, 0.25) is 5.91 Å². The molecule has 1 aromatic heterocycles. The number of hydrogen-bond donors (Lipinski definition) is 0. The van der Waals surface area contributed by atoms with Gasteiger partial charge in [-0.05, 0) is 50.1 Å². The SMILES string of the molecule is Cc1ccc(C(=O)N(CC(=O)N2CCN(c3ccc(-c4ccccc4Cl)nn3)CC2)C[C@H]2CCCO2)cc1. The number of benzene rings is 2. The highest BCUT2D eigenvalue weighted by atomic mass is 35.5. The van der Waals surface area contributed by atoms with Crippen LogP contribution in [0.2, 0.25) is 5.02 Å². The normalized spacial score (nSPS) is 17.5. The van der Waals surface area contributed by atoms with Crippen LogP contribution >= 0.6 is 11.6 Å². The number of aryl methyl sites for hydroxylation is 1. The first kappa shape index (κ1) is 26.1. The van der Waals surface area contributed by atoms with Crippen LogP contribution in [0.15, 0.2) is 60.7 Å². The number of carbonyl (C=O) groups is 2. The second kappa shape index (κ2) is 11.9. The molecule has 38 heavy (non-hydrogen) atoms. The standard InChI is InChI=1S/C29H32ClN5O3/c1-21-8-10-22(11-9-21)29(37)35(19-23-5-4-18-38-23)20-28(36)34-16-14-33(15-17-34)27-13-12-26(31-32-27)24-6-2-3-7-25(24)30/h2-3,6-13,23H,4-5,14-20H2,1H3/t23-/m1/s1. The van der Waals surface area contributed by atoms with E-state index in [0.717, 1.165) is 35.5 Å². The minimum absolute atomic E-state index is 0.0265. The third-order valence-electron chi connectivity index (χ3n) is 7.12. The Morgan fingerprint density at radius 1 is 1.00 bits per heavy atom. The lowest BCUT2D eigenvalue weighted by molar-refractivity contribution is -0.132. The number of nitrogens with zero attached hydrogens (tertiary/aromatic N) is 5. The summed E-state index contributed by atoms with van der Waals surface area (Å²) in [6, 6.07) is 18.9. The highest BCUT2D eigenvalue weighted by Gasteiger charge is 2.28. The van der Waals surface area contributed by atoms with Gasteiger partial charge in [0, 0.05) is 50.5 Å². The predicted octanol–water partition coefficient (Wildman–Crippen LogP) is 4.08. The molecule has 3 heterocycles. The average molecular weight is 534 g/mol. The Morgan fingerprint density at radius 3 is 2.42 bits per heavy atom. The molecule has 1 atom stereocenters. The van der Waals surface area contributed by atoms with Crippen LogP contribution in [0, 0.1) is 6.92 Å². The number of aromatic nitrogens is 2. The first-order valence-electron chi connectivity index (χ1n) is 13.1. The summed E-state index contributed by atoms with van der Waals surface area (Å²) in [6.07, 6.45) is 1.86. The Kier molecular flexibility index (Phi) is 8.20. The molecule has 0 spiro atoms. The van der Waals surface area contributed by atoms with Crippen molar-refractivity contribution in [2.24, 2.45) is 0 Å². The molecule has 5 rings (SSSR count). The van der Waals surface area contributed by atoms with Gasteiger partial charge in [0.05, 0.1) is 16.8 Å². The molecule has 198 valence electrons. The maximum atomic E-state index is 13.3. The maximum Gasteiger partial charge on any atom is 0.254 e. The predicted molar refractivity (Wildman–Crippen MR) is 147 cm³/mol. The number of piperazine rings is 1. The smallest absolute Gasteiger partial charge is 0.254 e. The Morgan fingerprint density at radius 2 is 1.76 bits per heavy atom. The van der Waals surface area contributed by atoms with Crippen molar-refractivity contribution in [2.75, 3.05) is 50.8 Å². The van der Waals surface area contributed by atoms with E-state index in [4.69, 9.17) is 16.3 Å². The number of carbonyl (C=O) groups excluding carboxylic acids is 2. The summed E-state index contributed by atoms with van der Waals surface area (Å²) in [6.45, 7) is 5.55. The van der Waals surface area contributed by atoms with Gasteiger partial charge in [-0.1, -0.05) is 47.5 Å². The summed E-state index contributed by atoms with van der Waals surface area (Å²) in [7, 11) is 0. The number of halogens is 1. The van der Waals surface area contributed by atoms with E-state index in [1.807, 2.05) is 72.5 Å². The van der Waals surface area contributed by atoms with E-state index < -0.39 is 0 Å². The molecule has 0 saturated carbocycles. The lowest BCUT2D eigenvalue weighted by Gasteiger charge is -2.36. The minimum atomic E-state index is -0.138. The van der Waals surface area contributed by atoms with Gasteiger partial charge in [0.15, 0.2) is 5.82 Å². The van der Waals surface area contributed by atoms with E-state index in [9.17, 15) is 9.59 Å². The molecule has 2 fully saturated rings. The molecule has 2 aliphatic rings. The summed E-state index contributed by atoms with van der Waals surface area (Å²) in [5, 5.41) is 9.41. The molecule has 2 amide bonds. The van der Waals surface area contributed by atoms with Crippen LogP contribution in [0.3, 0.4) is 0 Å². The van der Waals surface area contributed by atoms with E-state index in [0.29, 0.717) is 49.9 Å². The van der Waals surface area contributed by atoms with E-state index >= 15 is 0 Å². The molecule has 2 aliphatic heterocycles. The van der Waals surface area contributed by atoms with E-state index in [-0.39, 0.29) is 24.5 Å². The summed E-state index contributed by atoms with van der Waals surface area (Å²) >= 11 is 6.29. The monoisotopic (exact) mass is 533 g/mol. The number of hydrogen-bond acceptors (Lipinski definition) is 6. The summed E-state index contributed by atoms with van der Waals surface area (Å²) < 4.78 is 5.78. The zero-order valence-corrected chi connectivity index (χ0v) is 22.3. The second-order valence-electron chi connectivity index (χ2n) is 9.81. The zero-order valence-electron chi connectivity index (χ0n) is 21.6. The minimum Gasteiger partial charge on any atom is -0.376 e. The van der Waals surface area contributed by atoms with Crippen LogP contribution in [-0.2, 0) is 9.53 Å². The van der Waals surface area contributed by atoms with E-state index in [1.54, 1.807) is 4.90 Å². The van der Waals surface area contributed by atoms with Crippen molar-refractivity contribution in [3.05, 3.63) is 76.8 Å². The topological polar surface area (TPSA) is 78.9 Å². The third-order valence-corrected chi connectivity index (χ3v) is 7.45. The van der Waals surface area contributed by atoms with Gasteiger partial charge >= 0.3 is 0 Å². The Bertz CT molecular complexity index is 1250. The van der Waals surface area contributed by atoms with Crippen molar-refractivity contribution in [1.29, 1.82) is 0 Å². The number of amides is 2. The summed E-state index contributed by atoms with van der Waals surface area (Å²) in [5.41, 5.74) is 3.24. The van der Waals surface area contributed by atoms with Gasteiger partial charge in [0.25, 0.3) is 5.91 Å². The molecule has 8 nitrogen and oxygen atoms in total. The van der Waals surface area contributed by atoms with Gasteiger partial charge in [-0.2, -0.15) is 0 Å². The van der Waals surface area contributed by atoms with Gasteiger partial charge in [-0.3, -0.25) is 9.59 Å². The number of ether oxygens (including phenoxy) is 1. The van der Waals surface area contributed by atoms with Crippen LogP contribution in [0.4, 0.5) is 5.82 Å². The molecular weight excluding hydrogens is 502 g/mol.